The van der Waals surface area contributed by atoms with E-state index in [9.17, 15) is 9.59 Å². The van der Waals surface area contributed by atoms with Crippen LogP contribution < -0.4 is 0 Å². The summed E-state index contributed by atoms with van der Waals surface area (Å²) in [7, 11) is 0. The predicted molar refractivity (Wildman–Crippen MR) is 91.4 cm³/mol. The highest BCUT2D eigenvalue weighted by Gasteiger charge is 2.11. The second kappa shape index (κ2) is 8.48. The van der Waals surface area contributed by atoms with Crippen molar-refractivity contribution in [3.05, 3.63) is 48.2 Å². The molecule has 1 aromatic carbocycles. The van der Waals surface area contributed by atoms with Crippen molar-refractivity contribution in [2.75, 3.05) is 12.4 Å². The van der Waals surface area contributed by atoms with Crippen molar-refractivity contribution in [2.45, 2.75) is 25.2 Å². The molecule has 0 saturated carbocycles. The number of ether oxygens (including phenoxy) is 1. The van der Waals surface area contributed by atoms with Gasteiger partial charge in [-0.15, -0.1) is 11.8 Å². The van der Waals surface area contributed by atoms with Gasteiger partial charge in [0, 0.05) is 16.2 Å². The van der Waals surface area contributed by atoms with Gasteiger partial charge >= 0.3 is 5.97 Å². The lowest BCUT2D eigenvalue weighted by atomic mass is 10.1. The fraction of sp³-hybridized carbons (Fsp3) is 0.278. The Bertz CT molecular complexity index is 686. The van der Waals surface area contributed by atoms with E-state index < -0.39 is 5.97 Å². The summed E-state index contributed by atoms with van der Waals surface area (Å²) in [5.74, 6) is -0.352. The molecule has 120 valence electrons. The molecule has 0 atom stereocenters. The molecule has 5 heteroatoms. The number of thioether (sulfide) groups is 1. The van der Waals surface area contributed by atoms with Gasteiger partial charge < -0.3 is 4.74 Å². The van der Waals surface area contributed by atoms with Crippen LogP contribution in [0.4, 0.5) is 0 Å². The van der Waals surface area contributed by atoms with Crippen molar-refractivity contribution in [3.8, 4) is 11.3 Å². The molecular formula is C18H19NO3S. The lowest BCUT2D eigenvalue weighted by Crippen LogP contribution is -2.12. The van der Waals surface area contributed by atoms with E-state index in [1.807, 2.05) is 49.4 Å². The van der Waals surface area contributed by atoms with Gasteiger partial charge in [-0.25, -0.2) is 0 Å². The molecule has 0 radical (unpaired) electrons. The molecule has 2 aromatic rings. The molecule has 0 N–H and O–H groups in total. The molecule has 0 unspecified atom stereocenters. The predicted octanol–water partition coefficient (Wildman–Crippen LogP) is 3.67. The summed E-state index contributed by atoms with van der Waals surface area (Å²) in [5.41, 5.74) is 2.81. The maximum Gasteiger partial charge on any atom is 0.313 e. The first-order valence-corrected chi connectivity index (χ1v) is 8.41. The molecule has 0 amide bonds. The van der Waals surface area contributed by atoms with Crippen LogP contribution in [-0.4, -0.2) is 29.1 Å². The van der Waals surface area contributed by atoms with Gasteiger partial charge in [-0.1, -0.05) is 30.3 Å². The first-order chi connectivity index (χ1) is 11.1. The normalized spacial score (nSPS) is 10.3. The van der Waals surface area contributed by atoms with Crippen molar-refractivity contribution in [1.29, 1.82) is 0 Å². The SMILES string of the molecule is CCOC(=O)CC(=O)CSc1cc(C)nc(-c2ccccc2)c1. The smallest absolute Gasteiger partial charge is 0.313 e. The zero-order valence-corrected chi connectivity index (χ0v) is 14.1. The van der Waals surface area contributed by atoms with Gasteiger partial charge in [0.2, 0.25) is 0 Å². The summed E-state index contributed by atoms with van der Waals surface area (Å²) in [6.07, 6.45) is -0.170. The number of benzene rings is 1. The van der Waals surface area contributed by atoms with E-state index in [-0.39, 0.29) is 18.0 Å². The minimum absolute atomic E-state index is 0.135. The average Bonchev–Trinajstić information content (AvgIpc) is 2.53. The monoisotopic (exact) mass is 329 g/mol. The molecule has 0 saturated heterocycles. The Balaban J connectivity index is 2.02. The fourth-order valence-corrected chi connectivity index (χ4v) is 2.94. The van der Waals surface area contributed by atoms with E-state index in [2.05, 4.69) is 4.98 Å². The Kier molecular flexibility index (Phi) is 6.35. The molecule has 4 nitrogen and oxygen atoms in total. The third-order valence-corrected chi connectivity index (χ3v) is 4.08. The van der Waals surface area contributed by atoms with Crippen LogP contribution in [0.5, 0.6) is 0 Å². The molecule has 0 bridgehead atoms. The second-order valence-corrected chi connectivity index (χ2v) is 6.05. The molecule has 0 aliphatic carbocycles. The minimum atomic E-state index is -0.464. The molecule has 1 aromatic heterocycles. The van der Waals surface area contributed by atoms with Gasteiger partial charge in [-0.05, 0) is 26.0 Å². The summed E-state index contributed by atoms with van der Waals surface area (Å²) in [6.45, 7) is 3.95. The largest absolute Gasteiger partial charge is 0.466 e. The van der Waals surface area contributed by atoms with Crippen LogP contribution in [0, 0.1) is 6.92 Å². The van der Waals surface area contributed by atoms with Gasteiger partial charge in [0.1, 0.15) is 6.42 Å². The van der Waals surface area contributed by atoms with Crippen molar-refractivity contribution < 1.29 is 14.3 Å². The molecule has 0 spiro atoms. The van der Waals surface area contributed by atoms with Gasteiger partial charge in [-0.3, -0.25) is 14.6 Å². The Morgan fingerprint density at radius 1 is 1.17 bits per heavy atom. The molecular weight excluding hydrogens is 310 g/mol. The minimum Gasteiger partial charge on any atom is -0.466 e. The van der Waals surface area contributed by atoms with Crippen LogP contribution >= 0.6 is 11.8 Å². The standard InChI is InChI=1S/C18H19NO3S/c1-3-22-18(21)10-15(20)12-23-16-9-13(2)19-17(11-16)14-7-5-4-6-8-14/h4-9,11H,3,10,12H2,1-2H3. The van der Waals surface area contributed by atoms with Crippen molar-refractivity contribution >= 4 is 23.5 Å². The summed E-state index contributed by atoms with van der Waals surface area (Å²) in [4.78, 5) is 28.6. The number of Topliss-reactive ketones (excluding diaryl/α,β-unsaturated/α-hetero) is 1. The maximum atomic E-state index is 11.8. The second-order valence-electron chi connectivity index (χ2n) is 5.00. The Morgan fingerprint density at radius 2 is 1.91 bits per heavy atom. The quantitative estimate of drug-likeness (QED) is 0.441. The van der Waals surface area contributed by atoms with Crippen LogP contribution in [0.2, 0.25) is 0 Å². The number of esters is 1. The van der Waals surface area contributed by atoms with Crippen LogP contribution in [0.25, 0.3) is 11.3 Å². The van der Waals surface area contributed by atoms with E-state index in [1.165, 1.54) is 11.8 Å². The molecule has 2 rings (SSSR count). The number of ketones is 1. The number of aryl methyl sites for hydroxylation is 1. The average molecular weight is 329 g/mol. The Morgan fingerprint density at radius 3 is 2.61 bits per heavy atom. The summed E-state index contributed by atoms with van der Waals surface area (Å²) < 4.78 is 4.78. The van der Waals surface area contributed by atoms with Crippen molar-refractivity contribution in [2.24, 2.45) is 0 Å². The van der Waals surface area contributed by atoms with E-state index in [1.54, 1.807) is 6.92 Å². The third kappa shape index (κ3) is 5.53. The Hall–Kier alpha value is -2.14. The van der Waals surface area contributed by atoms with Crippen molar-refractivity contribution in [3.63, 3.8) is 0 Å². The van der Waals surface area contributed by atoms with E-state index in [0.29, 0.717) is 6.61 Å². The number of carbonyl (C=O) groups excluding carboxylic acids is 2. The molecule has 0 fully saturated rings. The fourth-order valence-electron chi connectivity index (χ4n) is 2.06. The van der Waals surface area contributed by atoms with Gasteiger partial charge in [-0.2, -0.15) is 0 Å². The van der Waals surface area contributed by atoms with Crippen LogP contribution in [0.1, 0.15) is 19.0 Å². The van der Waals surface area contributed by atoms with Crippen LogP contribution in [0.15, 0.2) is 47.4 Å². The molecule has 0 aliphatic rings. The number of carbonyl (C=O) groups is 2. The zero-order chi connectivity index (χ0) is 16.7. The lowest BCUT2D eigenvalue weighted by molar-refractivity contribution is -0.145. The first-order valence-electron chi connectivity index (χ1n) is 7.42. The van der Waals surface area contributed by atoms with Gasteiger partial charge in [0.05, 0.1) is 18.1 Å². The Labute approximate surface area is 140 Å². The summed E-state index contributed by atoms with van der Waals surface area (Å²) in [6, 6.07) is 13.8. The number of rotatable bonds is 7. The van der Waals surface area contributed by atoms with E-state index >= 15 is 0 Å². The maximum absolute atomic E-state index is 11.8. The van der Waals surface area contributed by atoms with Crippen LogP contribution in [0.3, 0.4) is 0 Å². The highest BCUT2D eigenvalue weighted by Crippen LogP contribution is 2.25. The van der Waals surface area contributed by atoms with Gasteiger partial charge in [0.25, 0.3) is 0 Å². The van der Waals surface area contributed by atoms with E-state index in [4.69, 9.17) is 4.74 Å². The zero-order valence-electron chi connectivity index (χ0n) is 13.2. The van der Waals surface area contributed by atoms with E-state index in [0.717, 1.165) is 21.8 Å². The third-order valence-electron chi connectivity index (χ3n) is 3.04. The van der Waals surface area contributed by atoms with Gasteiger partial charge in [0.15, 0.2) is 5.78 Å². The van der Waals surface area contributed by atoms with Crippen molar-refractivity contribution in [1.82, 2.24) is 4.98 Å². The number of hydrogen-bond donors (Lipinski definition) is 0. The topological polar surface area (TPSA) is 56.3 Å². The molecule has 23 heavy (non-hydrogen) atoms. The highest BCUT2D eigenvalue weighted by atomic mass is 32.2. The lowest BCUT2D eigenvalue weighted by Gasteiger charge is -2.07. The number of hydrogen-bond acceptors (Lipinski definition) is 5. The highest BCUT2D eigenvalue weighted by molar-refractivity contribution is 8.00. The van der Waals surface area contributed by atoms with Crippen LogP contribution in [-0.2, 0) is 14.3 Å². The number of aromatic nitrogens is 1. The summed E-state index contributed by atoms with van der Waals surface area (Å²) in [5, 5.41) is 0. The molecule has 0 aliphatic heterocycles. The molecule has 1 heterocycles. The number of nitrogens with zero attached hydrogens (tertiary/aromatic N) is 1. The summed E-state index contributed by atoms with van der Waals surface area (Å²) >= 11 is 1.41. The number of pyridine rings is 1. The first kappa shape index (κ1) is 17.2.